The number of unbranched alkanes of at least 4 members (excludes halogenated alkanes) is 3. The SMILES string of the molecule is CCC[CH2][Sn]([CH2]CCC)([CH2]CCC)[c]1ccccc1C1(c2ccccc2)CCCO1. The minimum atomic E-state index is -2.57. The van der Waals surface area contributed by atoms with Gasteiger partial charge in [0, 0.05) is 0 Å². The number of ether oxygens (including phenoxy) is 1. The number of rotatable bonds is 12. The zero-order valence-electron chi connectivity index (χ0n) is 19.6. The Morgan fingerprint density at radius 2 is 1.33 bits per heavy atom. The maximum absolute atomic E-state index is 6.70. The van der Waals surface area contributed by atoms with Crippen LogP contribution in [0.3, 0.4) is 0 Å². The molecule has 2 aromatic carbocycles. The van der Waals surface area contributed by atoms with Crippen molar-refractivity contribution in [1.82, 2.24) is 0 Å². The second kappa shape index (κ2) is 11.7. The summed E-state index contributed by atoms with van der Waals surface area (Å²) in [5, 5.41) is 0. The van der Waals surface area contributed by atoms with Crippen LogP contribution < -0.4 is 3.58 Å². The Morgan fingerprint density at radius 3 is 1.87 bits per heavy atom. The molecule has 1 aliphatic rings. The summed E-state index contributed by atoms with van der Waals surface area (Å²) >= 11 is -2.57. The van der Waals surface area contributed by atoms with Crippen LogP contribution in [0.5, 0.6) is 0 Å². The summed E-state index contributed by atoms with van der Waals surface area (Å²) in [6, 6.07) is 20.6. The molecule has 1 atom stereocenters. The third-order valence-electron chi connectivity index (χ3n) is 7.22. The van der Waals surface area contributed by atoms with E-state index in [2.05, 4.69) is 75.4 Å². The van der Waals surface area contributed by atoms with E-state index in [-0.39, 0.29) is 5.60 Å². The van der Waals surface area contributed by atoms with E-state index in [9.17, 15) is 0 Å². The molecule has 164 valence electrons. The first-order chi connectivity index (χ1) is 14.7. The summed E-state index contributed by atoms with van der Waals surface area (Å²) in [5.74, 6) is 0. The summed E-state index contributed by atoms with van der Waals surface area (Å²) in [4.78, 5) is 0. The summed E-state index contributed by atoms with van der Waals surface area (Å²) in [6.45, 7) is 7.99. The van der Waals surface area contributed by atoms with Crippen LogP contribution in [0.4, 0.5) is 0 Å². The zero-order valence-corrected chi connectivity index (χ0v) is 22.4. The van der Waals surface area contributed by atoms with Gasteiger partial charge >= 0.3 is 190 Å². The number of hydrogen-bond donors (Lipinski definition) is 0. The molecule has 2 heteroatoms. The summed E-state index contributed by atoms with van der Waals surface area (Å²) in [7, 11) is 0. The number of hydrogen-bond acceptors (Lipinski definition) is 1. The first-order valence-electron chi connectivity index (χ1n) is 12.5. The Bertz CT molecular complexity index is 726. The molecular weight excluding hydrogens is 471 g/mol. The van der Waals surface area contributed by atoms with Crippen molar-refractivity contribution in [3.05, 3.63) is 65.7 Å². The second-order valence-corrected chi connectivity index (χ2v) is 22.4. The van der Waals surface area contributed by atoms with Crippen molar-refractivity contribution in [2.75, 3.05) is 6.61 Å². The average molecular weight is 513 g/mol. The fraction of sp³-hybridized carbons (Fsp3) is 0.571. The molecule has 30 heavy (non-hydrogen) atoms. The van der Waals surface area contributed by atoms with E-state index in [1.54, 1.807) is 3.58 Å². The third-order valence-corrected chi connectivity index (χ3v) is 22.9. The predicted octanol–water partition coefficient (Wildman–Crippen LogP) is 7.80. The Kier molecular flexibility index (Phi) is 9.31. The molecule has 1 nitrogen and oxygen atoms in total. The molecule has 0 aliphatic carbocycles. The van der Waals surface area contributed by atoms with Gasteiger partial charge in [-0.1, -0.05) is 0 Å². The fourth-order valence-electron chi connectivity index (χ4n) is 5.56. The van der Waals surface area contributed by atoms with Gasteiger partial charge in [0.1, 0.15) is 0 Å². The van der Waals surface area contributed by atoms with Crippen LogP contribution in [-0.2, 0) is 10.3 Å². The fourth-order valence-corrected chi connectivity index (χ4v) is 22.6. The first kappa shape index (κ1) is 23.9. The molecule has 0 bridgehead atoms. The van der Waals surface area contributed by atoms with E-state index >= 15 is 0 Å². The van der Waals surface area contributed by atoms with Crippen molar-refractivity contribution >= 4 is 22.0 Å². The molecule has 0 N–H and O–H groups in total. The molecule has 2 aromatic rings. The standard InChI is InChI=1S/C16H15O.3C4H9.Sn/c1-3-8-14(9-4-1)16(12-7-13-17-16)15-10-5-2-6-11-15;3*1-3-4-2;/h1-6,8-10H,7,12-13H2;3*1,3-4H2,2H3;. The van der Waals surface area contributed by atoms with Gasteiger partial charge in [-0.25, -0.2) is 0 Å². The predicted molar refractivity (Wildman–Crippen MR) is 133 cm³/mol. The van der Waals surface area contributed by atoms with Gasteiger partial charge in [0.2, 0.25) is 0 Å². The molecule has 1 saturated heterocycles. The van der Waals surface area contributed by atoms with E-state index in [0.29, 0.717) is 0 Å². The van der Waals surface area contributed by atoms with E-state index < -0.39 is 18.4 Å². The average Bonchev–Trinajstić information content (AvgIpc) is 3.31. The van der Waals surface area contributed by atoms with E-state index in [1.807, 2.05) is 0 Å². The van der Waals surface area contributed by atoms with Crippen LogP contribution in [0.15, 0.2) is 54.6 Å². The third kappa shape index (κ3) is 5.15. The molecule has 1 unspecified atom stereocenters. The Labute approximate surface area is 189 Å². The van der Waals surface area contributed by atoms with Gasteiger partial charge in [0.15, 0.2) is 0 Å². The van der Waals surface area contributed by atoms with Crippen molar-refractivity contribution in [2.24, 2.45) is 0 Å². The molecule has 0 amide bonds. The van der Waals surface area contributed by atoms with Crippen molar-refractivity contribution < 1.29 is 4.74 Å². The topological polar surface area (TPSA) is 9.23 Å². The monoisotopic (exact) mass is 514 g/mol. The van der Waals surface area contributed by atoms with Gasteiger partial charge in [-0.3, -0.25) is 0 Å². The van der Waals surface area contributed by atoms with Crippen molar-refractivity contribution in [2.45, 2.75) is 91.0 Å². The maximum atomic E-state index is 6.70. The normalized spacial score (nSPS) is 19.3. The summed E-state index contributed by atoms with van der Waals surface area (Å²) in [5.41, 5.74) is 2.66. The molecule has 0 radical (unpaired) electrons. The van der Waals surface area contributed by atoms with Crippen LogP contribution in [0.25, 0.3) is 0 Å². The van der Waals surface area contributed by atoms with Crippen LogP contribution in [-0.4, -0.2) is 25.0 Å². The molecule has 0 saturated carbocycles. The molecule has 0 aromatic heterocycles. The quantitative estimate of drug-likeness (QED) is 0.263. The van der Waals surface area contributed by atoms with Gasteiger partial charge in [-0.05, 0) is 0 Å². The van der Waals surface area contributed by atoms with Crippen LogP contribution in [0.2, 0.25) is 13.3 Å². The van der Waals surface area contributed by atoms with Gasteiger partial charge in [-0.2, -0.15) is 0 Å². The van der Waals surface area contributed by atoms with Gasteiger partial charge < -0.3 is 0 Å². The van der Waals surface area contributed by atoms with Crippen LogP contribution in [0, 0.1) is 0 Å². The Hall–Kier alpha value is -0.801. The zero-order chi connectivity index (χ0) is 21.3. The van der Waals surface area contributed by atoms with Crippen molar-refractivity contribution in [3.63, 3.8) is 0 Å². The van der Waals surface area contributed by atoms with Crippen LogP contribution in [0.1, 0.15) is 83.3 Å². The molecule has 1 heterocycles. The summed E-state index contributed by atoms with van der Waals surface area (Å²) in [6.07, 6.45) is 10.4. The molecule has 1 fully saturated rings. The van der Waals surface area contributed by atoms with Gasteiger partial charge in [0.05, 0.1) is 0 Å². The van der Waals surface area contributed by atoms with E-state index in [4.69, 9.17) is 4.74 Å². The van der Waals surface area contributed by atoms with E-state index in [0.717, 1.165) is 19.4 Å². The van der Waals surface area contributed by atoms with Crippen LogP contribution >= 0.6 is 0 Å². The Morgan fingerprint density at radius 1 is 0.767 bits per heavy atom. The van der Waals surface area contributed by atoms with Crippen molar-refractivity contribution in [3.8, 4) is 0 Å². The van der Waals surface area contributed by atoms with Gasteiger partial charge in [0.25, 0.3) is 0 Å². The van der Waals surface area contributed by atoms with Crippen molar-refractivity contribution in [1.29, 1.82) is 0 Å². The summed E-state index contributed by atoms with van der Waals surface area (Å²) < 4.78 is 13.0. The second-order valence-electron chi connectivity index (χ2n) is 9.28. The van der Waals surface area contributed by atoms with Gasteiger partial charge in [-0.15, -0.1) is 0 Å². The molecular formula is C28H42OSn. The minimum absolute atomic E-state index is 0.231. The molecule has 1 aliphatic heterocycles. The molecule has 0 spiro atoms. The molecule has 3 rings (SSSR count). The Balaban J connectivity index is 2.15. The first-order valence-corrected chi connectivity index (χ1v) is 20.0. The van der Waals surface area contributed by atoms with E-state index in [1.165, 1.54) is 63.0 Å². The number of benzene rings is 2.